The number of fused-ring (bicyclic) bond motifs is 2. The van der Waals surface area contributed by atoms with E-state index in [1.54, 1.807) is 0 Å². The molecule has 0 aliphatic carbocycles. The van der Waals surface area contributed by atoms with E-state index >= 15 is 0 Å². The van der Waals surface area contributed by atoms with Gasteiger partial charge in [0, 0.05) is 6.54 Å². The highest BCUT2D eigenvalue weighted by atomic mass is 16.5. The fourth-order valence-electron chi connectivity index (χ4n) is 3.58. The molecule has 2 aliphatic heterocycles. The Labute approximate surface area is 199 Å². The van der Waals surface area contributed by atoms with Crippen LogP contribution in [0.2, 0.25) is 0 Å². The molecule has 4 rings (SSSR count). The highest BCUT2D eigenvalue weighted by molar-refractivity contribution is 5.81. The Hall–Kier alpha value is -3.81. The number of rotatable bonds is 7. The maximum absolute atomic E-state index is 12.4. The van der Waals surface area contributed by atoms with Crippen molar-refractivity contribution in [2.24, 2.45) is 0 Å². The fourth-order valence-corrected chi connectivity index (χ4v) is 3.58. The van der Waals surface area contributed by atoms with Gasteiger partial charge in [-0.3, -0.25) is 14.6 Å². The van der Waals surface area contributed by atoms with Crippen molar-refractivity contribution in [1.29, 1.82) is 0 Å². The summed E-state index contributed by atoms with van der Waals surface area (Å²) in [7, 11) is 0. The Kier molecular flexibility index (Phi) is 10.1. The largest absolute Gasteiger partial charge is 0.463 e. The molecular formula is C26H32N4O4. The van der Waals surface area contributed by atoms with Crippen LogP contribution >= 0.6 is 0 Å². The molecule has 2 aliphatic rings. The molecule has 2 heterocycles. The van der Waals surface area contributed by atoms with Gasteiger partial charge in [-0.05, 0) is 48.6 Å². The zero-order valence-corrected chi connectivity index (χ0v) is 20.4. The lowest BCUT2D eigenvalue weighted by Crippen LogP contribution is -2.29. The first kappa shape index (κ1) is 26.4. The second-order valence-corrected chi connectivity index (χ2v) is 7.07. The molecule has 0 saturated heterocycles. The number of hydrogen-bond acceptors (Lipinski definition) is 6. The number of carbonyl (C=O) groups excluding carboxylic acids is 1. The predicted molar refractivity (Wildman–Crippen MR) is 134 cm³/mol. The summed E-state index contributed by atoms with van der Waals surface area (Å²) in [6, 6.07) is 13.8. The quantitative estimate of drug-likeness (QED) is 0.324. The Morgan fingerprint density at radius 1 is 1.03 bits per heavy atom. The molecule has 0 radical (unpaired) electrons. The third-order valence-corrected chi connectivity index (χ3v) is 5.06. The lowest BCUT2D eigenvalue weighted by Gasteiger charge is -2.18. The minimum Gasteiger partial charge on any atom is -0.463 e. The number of carbonyl (C=O) groups is 1. The summed E-state index contributed by atoms with van der Waals surface area (Å²) in [5, 5.41) is 0. The molecule has 2 aromatic rings. The SMILES string of the molecule is CC.CC.Cc1cc2nc3c(=O)[nH]c(=O)nc-3n(CCCc3ccccc3)c2cc1COC=O. The highest BCUT2D eigenvalue weighted by Crippen LogP contribution is 2.25. The van der Waals surface area contributed by atoms with Crippen molar-refractivity contribution in [2.75, 3.05) is 0 Å². The summed E-state index contributed by atoms with van der Waals surface area (Å²) in [5.74, 6) is 0.246. The molecule has 0 fully saturated rings. The molecule has 0 aromatic heterocycles. The van der Waals surface area contributed by atoms with Crippen LogP contribution in [0.25, 0.3) is 22.6 Å². The number of aryl methyl sites for hydroxylation is 3. The second kappa shape index (κ2) is 13.0. The molecule has 0 amide bonds. The number of benzene rings is 2. The van der Waals surface area contributed by atoms with E-state index in [0.29, 0.717) is 18.5 Å². The lowest BCUT2D eigenvalue weighted by atomic mass is 10.1. The Morgan fingerprint density at radius 3 is 2.41 bits per heavy atom. The van der Waals surface area contributed by atoms with Crippen LogP contribution < -0.4 is 11.2 Å². The van der Waals surface area contributed by atoms with E-state index in [-0.39, 0.29) is 18.1 Å². The van der Waals surface area contributed by atoms with Gasteiger partial charge in [-0.1, -0.05) is 58.0 Å². The number of nitrogens with zero attached hydrogens (tertiary/aromatic N) is 3. The van der Waals surface area contributed by atoms with Crippen LogP contribution in [0.3, 0.4) is 0 Å². The molecular weight excluding hydrogens is 432 g/mol. The second-order valence-electron chi connectivity index (χ2n) is 7.07. The summed E-state index contributed by atoms with van der Waals surface area (Å²) in [5.41, 5.74) is 3.10. The third kappa shape index (κ3) is 6.15. The van der Waals surface area contributed by atoms with E-state index in [4.69, 9.17) is 4.74 Å². The summed E-state index contributed by atoms with van der Waals surface area (Å²) in [4.78, 5) is 45.5. The summed E-state index contributed by atoms with van der Waals surface area (Å²) in [6.07, 6.45) is 1.61. The third-order valence-electron chi connectivity index (χ3n) is 5.06. The van der Waals surface area contributed by atoms with Crippen LogP contribution in [0.15, 0.2) is 52.1 Å². The Balaban J connectivity index is 0.000000970. The smallest absolute Gasteiger partial charge is 0.349 e. The van der Waals surface area contributed by atoms with Crippen molar-refractivity contribution in [3.63, 3.8) is 0 Å². The maximum atomic E-state index is 12.4. The number of nitrogens with one attached hydrogen (secondary N) is 1. The van der Waals surface area contributed by atoms with Gasteiger partial charge in [0.2, 0.25) is 0 Å². The molecule has 180 valence electrons. The van der Waals surface area contributed by atoms with Crippen molar-refractivity contribution in [2.45, 2.75) is 60.6 Å². The van der Waals surface area contributed by atoms with Crippen LogP contribution in [0.4, 0.5) is 0 Å². The molecule has 0 saturated carbocycles. The van der Waals surface area contributed by atoms with Crippen LogP contribution in [0, 0.1) is 6.92 Å². The number of hydrogen-bond donors (Lipinski definition) is 1. The van der Waals surface area contributed by atoms with Crippen LogP contribution in [0.1, 0.15) is 50.8 Å². The van der Waals surface area contributed by atoms with Gasteiger partial charge in [0.25, 0.3) is 12.0 Å². The predicted octanol–water partition coefficient (Wildman–Crippen LogP) is 4.25. The monoisotopic (exact) mass is 464 g/mol. The molecule has 8 nitrogen and oxygen atoms in total. The van der Waals surface area contributed by atoms with E-state index in [1.807, 2.05) is 69.5 Å². The van der Waals surface area contributed by atoms with Gasteiger partial charge in [-0.2, -0.15) is 4.98 Å². The van der Waals surface area contributed by atoms with Gasteiger partial charge < -0.3 is 9.30 Å². The first-order valence-corrected chi connectivity index (χ1v) is 11.6. The van der Waals surface area contributed by atoms with Gasteiger partial charge in [0.1, 0.15) is 6.61 Å². The number of ether oxygens (including phenoxy) is 1. The topological polar surface area (TPSA) is 107 Å². The van der Waals surface area contributed by atoms with Gasteiger partial charge in [0.15, 0.2) is 11.5 Å². The molecule has 1 N–H and O–H groups in total. The Morgan fingerprint density at radius 2 is 1.74 bits per heavy atom. The van der Waals surface area contributed by atoms with Crippen molar-refractivity contribution >= 4 is 17.5 Å². The average Bonchev–Trinajstić information content (AvgIpc) is 2.86. The first-order valence-electron chi connectivity index (χ1n) is 11.6. The van der Waals surface area contributed by atoms with Crippen molar-refractivity contribution in [1.82, 2.24) is 19.5 Å². The van der Waals surface area contributed by atoms with Gasteiger partial charge >= 0.3 is 5.69 Å². The molecule has 0 unspecified atom stereocenters. The van der Waals surface area contributed by atoms with E-state index in [2.05, 4.69) is 27.1 Å². The molecule has 0 atom stereocenters. The molecule has 2 aromatic carbocycles. The number of aromatic amines is 1. The normalized spacial score (nSPS) is 10.1. The molecule has 0 bridgehead atoms. The zero-order valence-electron chi connectivity index (χ0n) is 20.4. The van der Waals surface area contributed by atoms with Gasteiger partial charge in [0.05, 0.1) is 11.0 Å². The minimum atomic E-state index is -0.706. The summed E-state index contributed by atoms with van der Waals surface area (Å²) >= 11 is 0. The fraction of sp³-hybridized carbons (Fsp3) is 0.346. The molecule has 8 heteroatoms. The standard InChI is InChI=1S/C22H20N4O4.2C2H6/c1-14-10-17-18(11-16(14)12-30-13-27)26(9-5-8-15-6-3-2-4-7-15)20-19(23-17)21(28)25-22(29)24-20;2*1-2/h2-4,6-7,10-11,13H,5,8-9,12H2,1H3,(H,25,28,29);2*1-2H3. The van der Waals surface area contributed by atoms with E-state index in [1.165, 1.54) is 5.56 Å². The van der Waals surface area contributed by atoms with Crippen LogP contribution in [0.5, 0.6) is 0 Å². The first-order chi connectivity index (χ1) is 16.6. The summed E-state index contributed by atoms with van der Waals surface area (Å²) in [6.45, 7) is 11.0. The maximum Gasteiger partial charge on any atom is 0.349 e. The van der Waals surface area contributed by atoms with Gasteiger partial charge in [-0.25, -0.2) is 9.78 Å². The van der Waals surface area contributed by atoms with Crippen molar-refractivity contribution in [3.05, 3.63) is 80.0 Å². The van der Waals surface area contributed by atoms with Crippen LogP contribution in [-0.4, -0.2) is 26.0 Å². The average molecular weight is 465 g/mol. The molecule has 34 heavy (non-hydrogen) atoms. The molecule has 0 spiro atoms. The lowest BCUT2D eigenvalue weighted by molar-refractivity contribution is -0.129. The van der Waals surface area contributed by atoms with E-state index in [9.17, 15) is 14.4 Å². The van der Waals surface area contributed by atoms with E-state index < -0.39 is 11.2 Å². The van der Waals surface area contributed by atoms with Crippen molar-refractivity contribution < 1.29 is 9.53 Å². The zero-order chi connectivity index (χ0) is 25.1. The van der Waals surface area contributed by atoms with Crippen LogP contribution in [-0.2, 0) is 29.1 Å². The number of H-pyrrole nitrogens is 1. The van der Waals surface area contributed by atoms with Crippen molar-refractivity contribution in [3.8, 4) is 11.5 Å². The Bertz CT molecular complexity index is 1300. The highest BCUT2D eigenvalue weighted by Gasteiger charge is 2.19. The van der Waals surface area contributed by atoms with E-state index in [0.717, 1.165) is 29.5 Å². The summed E-state index contributed by atoms with van der Waals surface area (Å²) < 4.78 is 6.77. The number of aromatic nitrogens is 4. The van der Waals surface area contributed by atoms with Gasteiger partial charge in [-0.15, -0.1) is 0 Å². The minimum absolute atomic E-state index is 0.123.